The van der Waals surface area contributed by atoms with Gasteiger partial charge in [-0.15, -0.1) is 0 Å². The molecule has 170 valence electrons. The Bertz CT molecular complexity index is 1160. The summed E-state index contributed by atoms with van der Waals surface area (Å²) in [5.41, 5.74) is 2.00. The molecule has 0 saturated heterocycles. The number of carbonyl (C=O) groups excluding carboxylic acids is 3. The van der Waals surface area contributed by atoms with E-state index >= 15 is 0 Å². The topological polar surface area (TPSA) is 87.3 Å². The van der Waals surface area contributed by atoms with Crippen LogP contribution in [0.5, 0.6) is 0 Å². The summed E-state index contributed by atoms with van der Waals surface area (Å²) in [5.74, 6) is -0.937. The molecule has 1 aliphatic carbocycles. The molecule has 0 atom stereocenters. The Kier molecular flexibility index (Phi) is 7.42. The van der Waals surface area contributed by atoms with E-state index in [9.17, 15) is 14.4 Å². The Morgan fingerprint density at radius 3 is 2.39 bits per heavy atom. The Morgan fingerprint density at radius 2 is 1.64 bits per heavy atom. The number of hydrogen-bond donors (Lipinski definition) is 3. The van der Waals surface area contributed by atoms with E-state index in [4.69, 9.17) is 11.6 Å². The highest BCUT2D eigenvalue weighted by Crippen LogP contribution is 2.24. The van der Waals surface area contributed by atoms with Crippen molar-refractivity contribution in [3.63, 3.8) is 0 Å². The number of thiophene rings is 1. The molecule has 3 N–H and O–H groups in total. The zero-order chi connectivity index (χ0) is 23.2. The van der Waals surface area contributed by atoms with Gasteiger partial charge in [0.15, 0.2) is 0 Å². The molecule has 8 heteroatoms. The maximum Gasteiger partial charge on any atom is 0.257 e. The average Bonchev–Trinajstić information content (AvgIpc) is 3.36. The third-order valence-electron chi connectivity index (χ3n) is 5.61. The van der Waals surface area contributed by atoms with Crippen molar-refractivity contribution >= 4 is 52.0 Å². The van der Waals surface area contributed by atoms with Gasteiger partial charge in [0.1, 0.15) is 0 Å². The standard InChI is InChI=1S/C25H24ClN3O3S/c26-21-11-10-18(14-20(21)25(32)27-17-6-2-1-3-7-17)28-24(31)19-8-4-5-9-22(19)29-23(30)16-12-13-33-15-16/h4-5,8-15,17H,1-3,6-7H2,(H,27,32)(H,28,31)(H,29,30). The SMILES string of the molecule is O=C(Nc1ccccc1C(=O)Nc1ccc(Cl)c(C(=O)NC2CCCCC2)c1)c1ccsc1. The third kappa shape index (κ3) is 5.80. The van der Waals surface area contributed by atoms with Gasteiger partial charge in [-0.2, -0.15) is 11.3 Å². The van der Waals surface area contributed by atoms with Crippen LogP contribution in [0, 0.1) is 0 Å². The van der Waals surface area contributed by atoms with Crippen molar-refractivity contribution in [3.05, 3.63) is 81.0 Å². The lowest BCUT2D eigenvalue weighted by molar-refractivity contribution is 0.0926. The van der Waals surface area contributed by atoms with Crippen LogP contribution in [0.4, 0.5) is 11.4 Å². The molecule has 33 heavy (non-hydrogen) atoms. The number of carbonyl (C=O) groups is 3. The van der Waals surface area contributed by atoms with Crippen molar-refractivity contribution < 1.29 is 14.4 Å². The molecule has 0 radical (unpaired) electrons. The molecule has 4 rings (SSSR count). The maximum atomic E-state index is 13.0. The number of halogens is 1. The second-order valence-electron chi connectivity index (χ2n) is 7.97. The molecule has 0 spiro atoms. The summed E-state index contributed by atoms with van der Waals surface area (Å²) in [5, 5.41) is 12.5. The molecule has 6 nitrogen and oxygen atoms in total. The first-order valence-corrected chi connectivity index (χ1v) is 12.2. The second kappa shape index (κ2) is 10.6. The highest BCUT2D eigenvalue weighted by Gasteiger charge is 2.20. The van der Waals surface area contributed by atoms with E-state index in [0.717, 1.165) is 25.7 Å². The summed E-state index contributed by atoms with van der Waals surface area (Å²) in [6.07, 6.45) is 5.35. The van der Waals surface area contributed by atoms with E-state index in [0.29, 0.717) is 33.1 Å². The van der Waals surface area contributed by atoms with Crippen molar-refractivity contribution in [3.8, 4) is 0 Å². The number of anilines is 2. The molecule has 1 aliphatic rings. The molecule has 1 heterocycles. The monoisotopic (exact) mass is 481 g/mol. The van der Waals surface area contributed by atoms with Gasteiger partial charge in [0.05, 0.1) is 27.4 Å². The van der Waals surface area contributed by atoms with Gasteiger partial charge in [-0.05, 0) is 54.6 Å². The minimum atomic E-state index is -0.405. The van der Waals surface area contributed by atoms with Gasteiger partial charge in [0, 0.05) is 17.1 Å². The van der Waals surface area contributed by atoms with Crippen LogP contribution in [-0.4, -0.2) is 23.8 Å². The number of hydrogen-bond acceptors (Lipinski definition) is 4. The lowest BCUT2D eigenvalue weighted by atomic mass is 9.95. The Labute approximate surface area is 201 Å². The summed E-state index contributed by atoms with van der Waals surface area (Å²) < 4.78 is 0. The molecule has 3 amide bonds. The molecule has 1 aromatic heterocycles. The van der Waals surface area contributed by atoms with Crippen LogP contribution in [0.2, 0.25) is 5.02 Å². The van der Waals surface area contributed by atoms with E-state index in [1.807, 2.05) is 5.38 Å². The minimum Gasteiger partial charge on any atom is -0.349 e. The van der Waals surface area contributed by atoms with Crippen molar-refractivity contribution in [2.24, 2.45) is 0 Å². The average molecular weight is 482 g/mol. The Morgan fingerprint density at radius 1 is 0.848 bits per heavy atom. The van der Waals surface area contributed by atoms with Gasteiger partial charge in [0.25, 0.3) is 17.7 Å². The van der Waals surface area contributed by atoms with Gasteiger partial charge in [-0.3, -0.25) is 14.4 Å². The van der Waals surface area contributed by atoms with Crippen LogP contribution in [0.15, 0.2) is 59.3 Å². The normalized spacial score (nSPS) is 13.8. The van der Waals surface area contributed by atoms with Gasteiger partial charge >= 0.3 is 0 Å². The van der Waals surface area contributed by atoms with Gasteiger partial charge in [0.2, 0.25) is 0 Å². The number of rotatable bonds is 6. The largest absolute Gasteiger partial charge is 0.349 e. The third-order valence-corrected chi connectivity index (χ3v) is 6.63. The van der Waals surface area contributed by atoms with Crippen molar-refractivity contribution in [1.29, 1.82) is 0 Å². The fraction of sp³-hybridized carbons (Fsp3) is 0.240. The lowest BCUT2D eigenvalue weighted by Gasteiger charge is -2.23. The maximum absolute atomic E-state index is 13.0. The quantitative estimate of drug-likeness (QED) is 0.405. The molecule has 0 bridgehead atoms. The van der Waals surface area contributed by atoms with Gasteiger partial charge < -0.3 is 16.0 Å². The van der Waals surface area contributed by atoms with Crippen LogP contribution < -0.4 is 16.0 Å². The smallest absolute Gasteiger partial charge is 0.257 e. The first-order chi connectivity index (χ1) is 16.0. The highest BCUT2D eigenvalue weighted by atomic mass is 35.5. The number of benzene rings is 2. The van der Waals surface area contributed by atoms with E-state index in [2.05, 4.69) is 16.0 Å². The predicted octanol–water partition coefficient (Wildman–Crippen LogP) is 5.97. The number of amides is 3. The zero-order valence-corrected chi connectivity index (χ0v) is 19.5. The molecular formula is C25H24ClN3O3S. The van der Waals surface area contributed by atoms with Crippen LogP contribution in [-0.2, 0) is 0 Å². The number of para-hydroxylation sites is 1. The second-order valence-corrected chi connectivity index (χ2v) is 9.16. The summed E-state index contributed by atoms with van der Waals surface area (Å²) in [7, 11) is 0. The summed E-state index contributed by atoms with van der Waals surface area (Å²) >= 11 is 7.70. The van der Waals surface area contributed by atoms with Crippen LogP contribution in [0.3, 0.4) is 0 Å². The summed E-state index contributed by atoms with van der Waals surface area (Å²) in [6.45, 7) is 0. The molecular weight excluding hydrogens is 458 g/mol. The molecule has 3 aromatic rings. The van der Waals surface area contributed by atoms with Crippen LogP contribution in [0.25, 0.3) is 0 Å². The van der Waals surface area contributed by atoms with Crippen LogP contribution >= 0.6 is 22.9 Å². The van der Waals surface area contributed by atoms with E-state index in [-0.39, 0.29) is 17.9 Å². The Balaban J connectivity index is 1.48. The molecule has 0 unspecified atom stereocenters. The van der Waals surface area contributed by atoms with Crippen molar-refractivity contribution in [2.45, 2.75) is 38.1 Å². The number of nitrogens with one attached hydrogen (secondary N) is 3. The van der Waals surface area contributed by atoms with Gasteiger partial charge in [-0.25, -0.2) is 0 Å². The van der Waals surface area contributed by atoms with Crippen molar-refractivity contribution in [2.75, 3.05) is 10.6 Å². The van der Waals surface area contributed by atoms with Crippen molar-refractivity contribution in [1.82, 2.24) is 5.32 Å². The van der Waals surface area contributed by atoms with Gasteiger partial charge in [-0.1, -0.05) is 43.0 Å². The lowest BCUT2D eigenvalue weighted by Crippen LogP contribution is -2.36. The van der Waals surface area contributed by atoms with Crippen LogP contribution in [0.1, 0.15) is 63.2 Å². The summed E-state index contributed by atoms with van der Waals surface area (Å²) in [6, 6.07) is 13.5. The minimum absolute atomic E-state index is 0.152. The first kappa shape index (κ1) is 23.0. The summed E-state index contributed by atoms with van der Waals surface area (Å²) in [4.78, 5) is 38.2. The first-order valence-electron chi connectivity index (χ1n) is 10.9. The van der Waals surface area contributed by atoms with E-state index in [1.54, 1.807) is 53.9 Å². The Hall–Kier alpha value is -3.16. The zero-order valence-electron chi connectivity index (χ0n) is 17.9. The fourth-order valence-corrected chi connectivity index (χ4v) is 4.70. The molecule has 2 aromatic carbocycles. The molecule has 1 saturated carbocycles. The van der Waals surface area contributed by atoms with E-state index in [1.165, 1.54) is 17.8 Å². The molecule has 0 aliphatic heterocycles. The highest BCUT2D eigenvalue weighted by molar-refractivity contribution is 7.08. The van der Waals surface area contributed by atoms with E-state index < -0.39 is 5.91 Å². The molecule has 1 fully saturated rings. The predicted molar refractivity (Wildman–Crippen MR) is 132 cm³/mol. The fourth-order valence-electron chi connectivity index (χ4n) is 3.86.